The molecule has 0 atom stereocenters. The second-order valence-electron chi connectivity index (χ2n) is 6.10. The Labute approximate surface area is 157 Å². The molecule has 132 valence electrons. The van der Waals surface area contributed by atoms with Crippen LogP contribution in [-0.2, 0) is 4.79 Å². The second-order valence-corrected chi connectivity index (χ2v) is 6.95. The summed E-state index contributed by atoms with van der Waals surface area (Å²) >= 11 is 12.1. The predicted octanol–water partition coefficient (Wildman–Crippen LogP) is 4.92. The molecule has 1 aliphatic rings. The summed E-state index contributed by atoms with van der Waals surface area (Å²) in [5, 5.41) is 4.17. The van der Waals surface area contributed by atoms with E-state index in [0.717, 1.165) is 42.9 Å². The van der Waals surface area contributed by atoms with E-state index in [0.29, 0.717) is 15.8 Å². The summed E-state index contributed by atoms with van der Waals surface area (Å²) in [6.45, 7) is 3.80. The molecule has 0 unspecified atom stereocenters. The van der Waals surface area contributed by atoms with Crippen molar-refractivity contribution in [1.29, 1.82) is 0 Å². The molecule has 0 aliphatic carbocycles. The molecule has 6 heteroatoms. The molecule has 4 nitrogen and oxygen atoms in total. The maximum Gasteiger partial charge on any atom is 0.262 e. The first-order valence-corrected chi connectivity index (χ1v) is 9.02. The fourth-order valence-corrected chi connectivity index (χ4v) is 3.17. The number of benzene rings is 2. The van der Waals surface area contributed by atoms with Crippen LogP contribution in [0, 0.1) is 6.92 Å². The van der Waals surface area contributed by atoms with Gasteiger partial charge in [0.05, 0.1) is 11.4 Å². The van der Waals surface area contributed by atoms with Crippen molar-refractivity contribution < 1.29 is 9.53 Å². The van der Waals surface area contributed by atoms with E-state index in [9.17, 15) is 4.79 Å². The number of anilines is 2. The third kappa shape index (κ3) is 4.59. The Hall–Kier alpha value is -1.91. The summed E-state index contributed by atoms with van der Waals surface area (Å²) in [5.41, 5.74) is 2.62. The summed E-state index contributed by atoms with van der Waals surface area (Å²) < 4.78 is 5.55. The number of carbonyl (C=O) groups is 1. The summed E-state index contributed by atoms with van der Waals surface area (Å²) in [7, 11) is 0. The quantitative estimate of drug-likeness (QED) is 0.802. The van der Waals surface area contributed by atoms with E-state index in [1.54, 1.807) is 18.2 Å². The molecule has 3 rings (SSSR count). The van der Waals surface area contributed by atoms with Crippen molar-refractivity contribution in [2.75, 3.05) is 29.9 Å². The van der Waals surface area contributed by atoms with Crippen LogP contribution in [0.25, 0.3) is 0 Å². The SMILES string of the molecule is Cc1cc(OCC(=O)Nc2cc(Cl)ccc2N2CCCC2)ccc1Cl. The van der Waals surface area contributed by atoms with E-state index in [-0.39, 0.29) is 12.5 Å². The van der Waals surface area contributed by atoms with E-state index in [1.165, 1.54) is 0 Å². The average Bonchev–Trinajstić information content (AvgIpc) is 3.10. The second kappa shape index (κ2) is 7.98. The van der Waals surface area contributed by atoms with E-state index < -0.39 is 0 Å². The Bertz CT molecular complexity index is 774. The molecule has 1 amide bonds. The van der Waals surface area contributed by atoms with Gasteiger partial charge in [-0.05, 0) is 61.7 Å². The van der Waals surface area contributed by atoms with Crippen LogP contribution >= 0.6 is 23.2 Å². The Morgan fingerprint density at radius 1 is 1.16 bits per heavy atom. The van der Waals surface area contributed by atoms with Gasteiger partial charge in [0.25, 0.3) is 5.91 Å². The Balaban J connectivity index is 1.66. The van der Waals surface area contributed by atoms with Gasteiger partial charge in [0.2, 0.25) is 0 Å². The lowest BCUT2D eigenvalue weighted by Crippen LogP contribution is -2.24. The zero-order valence-corrected chi connectivity index (χ0v) is 15.5. The summed E-state index contributed by atoms with van der Waals surface area (Å²) in [4.78, 5) is 14.6. The Morgan fingerprint density at radius 3 is 2.64 bits per heavy atom. The minimum Gasteiger partial charge on any atom is -0.484 e. The molecular formula is C19H20Cl2N2O2. The van der Waals surface area contributed by atoms with Gasteiger partial charge < -0.3 is 15.0 Å². The van der Waals surface area contributed by atoms with Gasteiger partial charge in [0, 0.05) is 23.1 Å². The number of carbonyl (C=O) groups excluding carboxylic acids is 1. The van der Waals surface area contributed by atoms with E-state index >= 15 is 0 Å². The molecule has 0 spiro atoms. The van der Waals surface area contributed by atoms with Gasteiger partial charge in [-0.2, -0.15) is 0 Å². The van der Waals surface area contributed by atoms with E-state index in [2.05, 4.69) is 10.2 Å². The lowest BCUT2D eigenvalue weighted by Gasteiger charge is -2.22. The van der Waals surface area contributed by atoms with Gasteiger partial charge in [0.1, 0.15) is 5.75 Å². The molecule has 1 aliphatic heterocycles. The topological polar surface area (TPSA) is 41.6 Å². The first kappa shape index (κ1) is 17.9. The van der Waals surface area contributed by atoms with Crippen LogP contribution in [0.1, 0.15) is 18.4 Å². The van der Waals surface area contributed by atoms with Crippen molar-refractivity contribution in [2.45, 2.75) is 19.8 Å². The number of halogens is 2. The highest BCUT2D eigenvalue weighted by Crippen LogP contribution is 2.31. The molecular weight excluding hydrogens is 359 g/mol. The van der Waals surface area contributed by atoms with Crippen molar-refractivity contribution in [3.05, 3.63) is 52.0 Å². The smallest absolute Gasteiger partial charge is 0.262 e. The highest BCUT2D eigenvalue weighted by Gasteiger charge is 2.17. The van der Waals surface area contributed by atoms with Crippen LogP contribution in [0.15, 0.2) is 36.4 Å². The number of ether oxygens (including phenoxy) is 1. The molecule has 1 saturated heterocycles. The lowest BCUT2D eigenvalue weighted by atomic mass is 10.2. The predicted molar refractivity (Wildman–Crippen MR) is 103 cm³/mol. The molecule has 0 bridgehead atoms. The number of aryl methyl sites for hydroxylation is 1. The molecule has 25 heavy (non-hydrogen) atoms. The van der Waals surface area contributed by atoms with Crippen molar-refractivity contribution in [3.8, 4) is 5.75 Å². The van der Waals surface area contributed by atoms with E-state index in [4.69, 9.17) is 27.9 Å². The standard InChI is InChI=1S/C19H20Cl2N2O2/c1-13-10-15(5-6-16(13)21)25-12-19(24)22-17-11-14(20)4-7-18(17)23-8-2-3-9-23/h4-7,10-11H,2-3,8-9,12H2,1H3,(H,22,24). The zero-order chi connectivity index (χ0) is 17.8. The first-order valence-electron chi connectivity index (χ1n) is 8.26. The third-order valence-corrected chi connectivity index (χ3v) is 4.84. The normalized spacial score (nSPS) is 13.8. The van der Waals surface area contributed by atoms with Crippen LogP contribution in [0.2, 0.25) is 10.0 Å². The van der Waals surface area contributed by atoms with Crippen molar-refractivity contribution in [1.82, 2.24) is 0 Å². The molecule has 0 saturated carbocycles. The third-order valence-electron chi connectivity index (χ3n) is 4.18. The summed E-state index contributed by atoms with van der Waals surface area (Å²) in [6.07, 6.45) is 2.32. The maximum atomic E-state index is 12.3. The fraction of sp³-hybridized carbons (Fsp3) is 0.316. The average molecular weight is 379 g/mol. The lowest BCUT2D eigenvalue weighted by molar-refractivity contribution is -0.118. The van der Waals surface area contributed by atoms with Gasteiger partial charge in [-0.15, -0.1) is 0 Å². The molecule has 0 aromatic heterocycles. The molecule has 0 radical (unpaired) electrons. The molecule has 1 heterocycles. The Kier molecular flexibility index (Phi) is 5.71. The van der Waals surface area contributed by atoms with Gasteiger partial charge in [-0.1, -0.05) is 23.2 Å². The first-order chi connectivity index (χ1) is 12.0. The van der Waals surface area contributed by atoms with Gasteiger partial charge in [-0.25, -0.2) is 0 Å². The van der Waals surface area contributed by atoms with Crippen molar-refractivity contribution >= 4 is 40.5 Å². The minimum absolute atomic E-state index is 0.0764. The number of hydrogen-bond donors (Lipinski definition) is 1. The fourth-order valence-electron chi connectivity index (χ4n) is 2.88. The molecule has 2 aromatic rings. The zero-order valence-electron chi connectivity index (χ0n) is 14.0. The molecule has 1 fully saturated rings. The molecule has 2 aromatic carbocycles. The van der Waals surface area contributed by atoms with Crippen LogP contribution in [0.4, 0.5) is 11.4 Å². The van der Waals surface area contributed by atoms with Gasteiger partial charge in [-0.3, -0.25) is 4.79 Å². The van der Waals surface area contributed by atoms with Gasteiger partial charge in [0.15, 0.2) is 6.61 Å². The van der Waals surface area contributed by atoms with Crippen LogP contribution in [0.5, 0.6) is 5.75 Å². The number of hydrogen-bond acceptors (Lipinski definition) is 3. The van der Waals surface area contributed by atoms with Crippen LogP contribution in [0.3, 0.4) is 0 Å². The Morgan fingerprint density at radius 2 is 1.92 bits per heavy atom. The minimum atomic E-state index is -0.227. The van der Waals surface area contributed by atoms with E-state index in [1.807, 2.05) is 25.1 Å². The summed E-state index contributed by atoms with van der Waals surface area (Å²) in [6, 6.07) is 10.9. The monoisotopic (exact) mass is 378 g/mol. The van der Waals surface area contributed by atoms with Gasteiger partial charge >= 0.3 is 0 Å². The number of nitrogens with zero attached hydrogens (tertiary/aromatic N) is 1. The number of nitrogens with one attached hydrogen (secondary N) is 1. The van der Waals surface area contributed by atoms with Crippen LogP contribution in [-0.4, -0.2) is 25.6 Å². The van der Waals surface area contributed by atoms with Crippen molar-refractivity contribution in [3.63, 3.8) is 0 Å². The number of amides is 1. The summed E-state index contributed by atoms with van der Waals surface area (Å²) in [5.74, 6) is 0.387. The highest BCUT2D eigenvalue weighted by molar-refractivity contribution is 6.31. The molecule has 1 N–H and O–H groups in total. The number of rotatable bonds is 5. The van der Waals surface area contributed by atoms with Crippen LogP contribution < -0.4 is 15.0 Å². The van der Waals surface area contributed by atoms with Crippen molar-refractivity contribution in [2.24, 2.45) is 0 Å². The highest BCUT2D eigenvalue weighted by atomic mass is 35.5. The largest absolute Gasteiger partial charge is 0.484 e. The maximum absolute atomic E-state index is 12.3.